The second kappa shape index (κ2) is 6.45. The first-order valence-corrected chi connectivity index (χ1v) is 5.48. The standard InChI is InChI=1S/C12H20N2O2/c1-10-11(9-15)5-6-12(13-10)16-8-4-7-14(2)3/h5-6,15H,4,7-9H2,1-3H3. The van der Waals surface area contributed by atoms with Crippen LogP contribution in [0.5, 0.6) is 5.88 Å². The lowest BCUT2D eigenvalue weighted by Crippen LogP contribution is -2.15. The highest BCUT2D eigenvalue weighted by molar-refractivity contribution is 5.24. The number of nitrogens with zero attached hydrogens (tertiary/aromatic N) is 2. The molecule has 0 saturated heterocycles. The molecule has 0 saturated carbocycles. The summed E-state index contributed by atoms with van der Waals surface area (Å²) in [6, 6.07) is 3.65. The first kappa shape index (κ1) is 12.9. The monoisotopic (exact) mass is 224 g/mol. The van der Waals surface area contributed by atoms with Gasteiger partial charge < -0.3 is 14.7 Å². The highest BCUT2D eigenvalue weighted by atomic mass is 16.5. The molecule has 1 heterocycles. The molecule has 0 fully saturated rings. The first-order valence-electron chi connectivity index (χ1n) is 5.48. The number of aryl methyl sites for hydroxylation is 1. The molecule has 0 radical (unpaired) electrons. The van der Waals surface area contributed by atoms with Gasteiger partial charge in [-0.3, -0.25) is 0 Å². The van der Waals surface area contributed by atoms with Crippen LogP contribution >= 0.6 is 0 Å². The summed E-state index contributed by atoms with van der Waals surface area (Å²) < 4.78 is 5.52. The van der Waals surface area contributed by atoms with Gasteiger partial charge in [0.1, 0.15) is 0 Å². The van der Waals surface area contributed by atoms with E-state index in [4.69, 9.17) is 9.84 Å². The Bertz CT molecular complexity index is 327. The zero-order chi connectivity index (χ0) is 12.0. The molecule has 1 aromatic heterocycles. The highest BCUT2D eigenvalue weighted by Gasteiger charge is 2.01. The maximum atomic E-state index is 9.00. The molecule has 0 bridgehead atoms. The lowest BCUT2D eigenvalue weighted by molar-refractivity contribution is 0.268. The minimum Gasteiger partial charge on any atom is -0.478 e. The first-order chi connectivity index (χ1) is 7.63. The molecule has 4 nitrogen and oxygen atoms in total. The predicted octanol–water partition coefficient (Wildman–Crippen LogP) is 1.21. The van der Waals surface area contributed by atoms with Crippen LogP contribution in [-0.2, 0) is 6.61 Å². The number of pyridine rings is 1. The van der Waals surface area contributed by atoms with E-state index in [1.165, 1.54) is 0 Å². The van der Waals surface area contributed by atoms with E-state index in [9.17, 15) is 0 Å². The number of rotatable bonds is 6. The fourth-order valence-corrected chi connectivity index (χ4v) is 1.37. The molecule has 0 aliphatic rings. The van der Waals surface area contributed by atoms with Crippen LogP contribution in [0.2, 0.25) is 0 Å². The summed E-state index contributed by atoms with van der Waals surface area (Å²) in [6.45, 7) is 3.58. The zero-order valence-corrected chi connectivity index (χ0v) is 10.2. The van der Waals surface area contributed by atoms with Crippen molar-refractivity contribution in [2.45, 2.75) is 20.0 Å². The maximum Gasteiger partial charge on any atom is 0.213 e. The lowest BCUT2D eigenvalue weighted by atomic mass is 10.2. The van der Waals surface area contributed by atoms with Crippen molar-refractivity contribution in [1.29, 1.82) is 0 Å². The quantitative estimate of drug-likeness (QED) is 0.738. The molecular weight excluding hydrogens is 204 g/mol. The van der Waals surface area contributed by atoms with E-state index in [0.717, 1.165) is 24.2 Å². The molecule has 0 aliphatic carbocycles. The van der Waals surface area contributed by atoms with Crippen LogP contribution in [0.15, 0.2) is 12.1 Å². The second-order valence-corrected chi connectivity index (χ2v) is 4.06. The normalized spacial score (nSPS) is 10.8. The molecule has 1 N–H and O–H groups in total. The van der Waals surface area contributed by atoms with E-state index in [-0.39, 0.29) is 6.61 Å². The van der Waals surface area contributed by atoms with E-state index >= 15 is 0 Å². The molecule has 0 unspecified atom stereocenters. The third-order valence-corrected chi connectivity index (χ3v) is 2.34. The van der Waals surface area contributed by atoms with E-state index in [2.05, 4.69) is 9.88 Å². The molecule has 1 aromatic rings. The fraction of sp³-hybridized carbons (Fsp3) is 0.583. The Labute approximate surface area is 96.9 Å². The number of aliphatic hydroxyl groups excluding tert-OH is 1. The third kappa shape index (κ3) is 4.16. The van der Waals surface area contributed by atoms with Crippen LogP contribution in [-0.4, -0.2) is 42.2 Å². The Hall–Kier alpha value is -1.13. The van der Waals surface area contributed by atoms with Gasteiger partial charge in [-0.1, -0.05) is 0 Å². The average molecular weight is 224 g/mol. The summed E-state index contributed by atoms with van der Waals surface area (Å²) in [4.78, 5) is 6.39. The van der Waals surface area contributed by atoms with Crippen molar-refractivity contribution in [2.75, 3.05) is 27.2 Å². The fourth-order valence-electron chi connectivity index (χ4n) is 1.37. The number of hydrogen-bond acceptors (Lipinski definition) is 4. The van der Waals surface area contributed by atoms with Crippen molar-refractivity contribution >= 4 is 0 Å². The summed E-state index contributed by atoms with van der Waals surface area (Å²) >= 11 is 0. The Kier molecular flexibility index (Phi) is 5.22. The number of aromatic nitrogens is 1. The van der Waals surface area contributed by atoms with Gasteiger partial charge in [-0.2, -0.15) is 0 Å². The van der Waals surface area contributed by atoms with Crippen LogP contribution < -0.4 is 4.74 Å². The summed E-state index contributed by atoms with van der Waals surface area (Å²) in [5.74, 6) is 0.633. The molecule has 0 amide bonds. The van der Waals surface area contributed by atoms with Gasteiger partial charge in [0, 0.05) is 18.3 Å². The summed E-state index contributed by atoms with van der Waals surface area (Å²) in [5.41, 5.74) is 1.67. The Morgan fingerprint density at radius 2 is 2.12 bits per heavy atom. The van der Waals surface area contributed by atoms with Crippen molar-refractivity contribution < 1.29 is 9.84 Å². The Morgan fingerprint density at radius 3 is 2.69 bits per heavy atom. The molecular formula is C12H20N2O2. The smallest absolute Gasteiger partial charge is 0.213 e. The van der Waals surface area contributed by atoms with Gasteiger partial charge in [-0.05, 0) is 39.1 Å². The van der Waals surface area contributed by atoms with E-state index in [1.54, 1.807) is 6.07 Å². The number of hydrogen-bond donors (Lipinski definition) is 1. The molecule has 1 rings (SSSR count). The van der Waals surface area contributed by atoms with Gasteiger partial charge >= 0.3 is 0 Å². The summed E-state index contributed by atoms with van der Waals surface area (Å²) in [5, 5.41) is 9.00. The number of ether oxygens (including phenoxy) is 1. The summed E-state index contributed by atoms with van der Waals surface area (Å²) in [7, 11) is 4.08. The predicted molar refractivity (Wildman–Crippen MR) is 63.6 cm³/mol. The average Bonchev–Trinajstić information content (AvgIpc) is 2.24. The van der Waals surface area contributed by atoms with E-state index in [0.29, 0.717) is 12.5 Å². The molecule has 4 heteroatoms. The van der Waals surface area contributed by atoms with Crippen molar-refractivity contribution in [1.82, 2.24) is 9.88 Å². The van der Waals surface area contributed by atoms with Gasteiger partial charge in [0.2, 0.25) is 5.88 Å². The van der Waals surface area contributed by atoms with Crippen LogP contribution in [0, 0.1) is 6.92 Å². The van der Waals surface area contributed by atoms with E-state index < -0.39 is 0 Å². The van der Waals surface area contributed by atoms with Crippen LogP contribution in [0.1, 0.15) is 17.7 Å². The molecule has 0 spiro atoms. The SMILES string of the molecule is Cc1nc(OCCCN(C)C)ccc1CO. The number of aliphatic hydroxyl groups is 1. The Balaban J connectivity index is 2.40. The van der Waals surface area contributed by atoms with Gasteiger partial charge in [0.05, 0.1) is 13.2 Å². The highest BCUT2D eigenvalue weighted by Crippen LogP contribution is 2.12. The van der Waals surface area contributed by atoms with Gasteiger partial charge in [-0.25, -0.2) is 4.98 Å². The van der Waals surface area contributed by atoms with E-state index in [1.807, 2.05) is 27.1 Å². The maximum absolute atomic E-state index is 9.00. The lowest BCUT2D eigenvalue weighted by Gasteiger charge is -2.10. The molecule has 90 valence electrons. The van der Waals surface area contributed by atoms with Crippen molar-refractivity contribution in [2.24, 2.45) is 0 Å². The van der Waals surface area contributed by atoms with Crippen LogP contribution in [0.3, 0.4) is 0 Å². The van der Waals surface area contributed by atoms with Crippen molar-refractivity contribution in [3.8, 4) is 5.88 Å². The van der Waals surface area contributed by atoms with Crippen LogP contribution in [0.25, 0.3) is 0 Å². The Morgan fingerprint density at radius 1 is 1.38 bits per heavy atom. The minimum atomic E-state index is 0.0275. The van der Waals surface area contributed by atoms with Gasteiger partial charge in [-0.15, -0.1) is 0 Å². The molecule has 0 aromatic carbocycles. The molecule has 16 heavy (non-hydrogen) atoms. The topological polar surface area (TPSA) is 45.6 Å². The minimum absolute atomic E-state index is 0.0275. The van der Waals surface area contributed by atoms with Gasteiger partial charge in [0.25, 0.3) is 0 Å². The van der Waals surface area contributed by atoms with Crippen LogP contribution in [0.4, 0.5) is 0 Å². The van der Waals surface area contributed by atoms with Gasteiger partial charge in [0.15, 0.2) is 0 Å². The zero-order valence-electron chi connectivity index (χ0n) is 10.2. The second-order valence-electron chi connectivity index (χ2n) is 4.06. The third-order valence-electron chi connectivity index (χ3n) is 2.34. The molecule has 0 aliphatic heterocycles. The summed E-state index contributed by atoms with van der Waals surface area (Å²) in [6.07, 6.45) is 0.982. The van der Waals surface area contributed by atoms with Crippen molar-refractivity contribution in [3.05, 3.63) is 23.4 Å². The van der Waals surface area contributed by atoms with Crippen molar-refractivity contribution in [3.63, 3.8) is 0 Å². The largest absolute Gasteiger partial charge is 0.478 e. The molecule has 0 atom stereocenters.